The van der Waals surface area contributed by atoms with Gasteiger partial charge < -0.3 is 19.7 Å². The third kappa shape index (κ3) is 6.12. The second kappa shape index (κ2) is 11.0. The summed E-state index contributed by atoms with van der Waals surface area (Å²) in [7, 11) is -3.84. The van der Waals surface area contributed by atoms with Crippen LogP contribution in [0.15, 0.2) is 42.5 Å². The number of halogens is 1. The van der Waals surface area contributed by atoms with Crippen molar-refractivity contribution in [3.05, 3.63) is 53.1 Å². The Balaban J connectivity index is 1.91. The molecule has 11 heteroatoms. The molecule has 9 nitrogen and oxygen atoms in total. The maximum Gasteiger partial charge on any atom is 0.244 e. The van der Waals surface area contributed by atoms with Gasteiger partial charge in [0.2, 0.25) is 28.6 Å². The Hall–Kier alpha value is -2.98. The molecule has 0 bridgehead atoms. The smallest absolute Gasteiger partial charge is 0.244 e. The summed E-state index contributed by atoms with van der Waals surface area (Å²) >= 11 is 6.30. The van der Waals surface area contributed by atoms with E-state index in [4.69, 9.17) is 21.1 Å². The predicted octanol–water partition coefficient (Wildman–Crippen LogP) is 2.78. The number of fused-ring (bicyclic) bond motifs is 1. The van der Waals surface area contributed by atoms with E-state index in [9.17, 15) is 18.0 Å². The van der Waals surface area contributed by atoms with Crippen LogP contribution in [0.3, 0.4) is 0 Å². The SMILES string of the molecule is CCCNC(=O)[C@H](C)N(Cc1ccccc1Cl)C(=O)CN(c1ccc2c(c1)OCO2)S(C)(=O)=O. The standard InChI is InChI=1S/C23H28ClN3O6S/c1-4-11-25-23(29)16(2)26(13-17-7-5-6-8-19(17)24)22(28)14-27(34(3,30)31)18-9-10-20-21(12-18)33-15-32-20/h5-10,12,16H,4,11,13-15H2,1-3H3,(H,25,29)/t16-/m0/s1. The number of carbonyl (C=O) groups is 2. The van der Waals surface area contributed by atoms with Gasteiger partial charge in [-0.2, -0.15) is 0 Å². The van der Waals surface area contributed by atoms with Crippen molar-refractivity contribution in [3.63, 3.8) is 0 Å². The first kappa shape index (κ1) is 25.6. The lowest BCUT2D eigenvalue weighted by Crippen LogP contribution is -2.51. The van der Waals surface area contributed by atoms with Gasteiger partial charge in [0, 0.05) is 24.2 Å². The van der Waals surface area contributed by atoms with Crippen LogP contribution in [-0.4, -0.2) is 57.3 Å². The number of benzene rings is 2. The Bertz CT molecular complexity index is 1160. The van der Waals surface area contributed by atoms with Crippen molar-refractivity contribution in [1.82, 2.24) is 10.2 Å². The molecule has 0 saturated carbocycles. The summed E-state index contributed by atoms with van der Waals surface area (Å²) in [6.45, 7) is 3.56. The van der Waals surface area contributed by atoms with Gasteiger partial charge in [0.05, 0.1) is 11.9 Å². The topological polar surface area (TPSA) is 105 Å². The first-order valence-corrected chi connectivity index (χ1v) is 13.0. The van der Waals surface area contributed by atoms with Gasteiger partial charge in [0.1, 0.15) is 12.6 Å². The lowest BCUT2D eigenvalue weighted by molar-refractivity contribution is -0.139. The average Bonchev–Trinajstić information content (AvgIpc) is 3.27. The maximum atomic E-state index is 13.5. The minimum Gasteiger partial charge on any atom is -0.454 e. The molecule has 1 aliphatic heterocycles. The summed E-state index contributed by atoms with van der Waals surface area (Å²) in [5, 5.41) is 3.23. The van der Waals surface area contributed by atoms with E-state index in [0.717, 1.165) is 17.0 Å². The first-order chi connectivity index (χ1) is 16.1. The molecule has 0 aromatic heterocycles. The zero-order valence-corrected chi connectivity index (χ0v) is 20.9. The lowest BCUT2D eigenvalue weighted by Gasteiger charge is -2.31. The summed E-state index contributed by atoms with van der Waals surface area (Å²) in [4.78, 5) is 27.5. The van der Waals surface area contributed by atoms with Crippen molar-refractivity contribution in [1.29, 1.82) is 0 Å². The zero-order chi connectivity index (χ0) is 24.9. The second-order valence-electron chi connectivity index (χ2n) is 7.89. The molecule has 2 aromatic carbocycles. The first-order valence-electron chi connectivity index (χ1n) is 10.8. The van der Waals surface area contributed by atoms with E-state index in [1.807, 2.05) is 6.92 Å². The molecular weight excluding hydrogens is 482 g/mol. The molecule has 0 radical (unpaired) electrons. The number of hydrogen-bond acceptors (Lipinski definition) is 6. The highest BCUT2D eigenvalue weighted by atomic mass is 35.5. The Morgan fingerprint density at radius 2 is 1.85 bits per heavy atom. The molecule has 2 aromatic rings. The Kier molecular flexibility index (Phi) is 8.27. The van der Waals surface area contributed by atoms with Crippen LogP contribution in [0, 0.1) is 0 Å². The third-order valence-corrected chi connectivity index (χ3v) is 6.85. The molecule has 0 fully saturated rings. The van der Waals surface area contributed by atoms with Crippen molar-refractivity contribution in [2.24, 2.45) is 0 Å². The fourth-order valence-corrected chi connectivity index (χ4v) is 4.48. The van der Waals surface area contributed by atoms with Crippen LogP contribution < -0.4 is 19.1 Å². The number of amides is 2. The monoisotopic (exact) mass is 509 g/mol. The van der Waals surface area contributed by atoms with Crippen molar-refractivity contribution in [3.8, 4) is 11.5 Å². The van der Waals surface area contributed by atoms with E-state index in [1.165, 1.54) is 17.0 Å². The van der Waals surface area contributed by atoms with Crippen LogP contribution in [0.25, 0.3) is 0 Å². The molecule has 0 saturated heterocycles. The summed E-state index contributed by atoms with van der Waals surface area (Å²) in [6, 6.07) is 10.8. The third-order valence-electron chi connectivity index (χ3n) is 5.34. The van der Waals surface area contributed by atoms with Gasteiger partial charge in [-0.25, -0.2) is 8.42 Å². The number of sulfonamides is 1. The molecule has 1 heterocycles. The van der Waals surface area contributed by atoms with E-state index in [1.54, 1.807) is 37.3 Å². The van der Waals surface area contributed by atoms with Gasteiger partial charge in [-0.3, -0.25) is 13.9 Å². The zero-order valence-electron chi connectivity index (χ0n) is 19.3. The van der Waals surface area contributed by atoms with Gasteiger partial charge >= 0.3 is 0 Å². The molecule has 34 heavy (non-hydrogen) atoms. The Morgan fingerprint density at radius 1 is 1.15 bits per heavy atom. The summed E-state index contributed by atoms with van der Waals surface area (Å²) in [6.07, 6.45) is 1.75. The maximum absolute atomic E-state index is 13.5. The fraction of sp³-hybridized carbons (Fsp3) is 0.391. The number of hydrogen-bond donors (Lipinski definition) is 1. The predicted molar refractivity (Wildman–Crippen MR) is 130 cm³/mol. The molecule has 0 aliphatic carbocycles. The summed E-state index contributed by atoms with van der Waals surface area (Å²) in [5.74, 6) is -0.0117. The Morgan fingerprint density at radius 3 is 2.53 bits per heavy atom. The van der Waals surface area contributed by atoms with Crippen molar-refractivity contribution in [2.75, 3.05) is 30.4 Å². The van der Waals surface area contributed by atoms with Crippen molar-refractivity contribution >= 4 is 39.1 Å². The van der Waals surface area contributed by atoms with Gasteiger partial charge in [-0.1, -0.05) is 36.7 Å². The van der Waals surface area contributed by atoms with Gasteiger partial charge in [0.25, 0.3) is 0 Å². The van der Waals surface area contributed by atoms with Gasteiger partial charge in [-0.05, 0) is 37.1 Å². The lowest BCUT2D eigenvalue weighted by atomic mass is 10.1. The minimum atomic E-state index is -3.84. The van der Waals surface area contributed by atoms with Crippen molar-refractivity contribution in [2.45, 2.75) is 32.9 Å². The number of carbonyl (C=O) groups excluding carboxylic acids is 2. The van der Waals surface area contributed by atoms with Crippen LogP contribution in [0.2, 0.25) is 5.02 Å². The van der Waals surface area contributed by atoms with E-state index in [2.05, 4.69) is 5.32 Å². The fourth-order valence-electron chi connectivity index (χ4n) is 3.44. The quantitative estimate of drug-likeness (QED) is 0.528. The number of nitrogens with one attached hydrogen (secondary N) is 1. The van der Waals surface area contributed by atoms with E-state index < -0.39 is 28.5 Å². The number of anilines is 1. The van der Waals surface area contributed by atoms with Crippen LogP contribution in [0.4, 0.5) is 5.69 Å². The summed E-state index contributed by atoms with van der Waals surface area (Å²) < 4.78 is 36.9. The molecule has 1 atom stereocenters. The van der Waals surface area contributed by atoms with Gasteiger partial charge in [0.15, 0.2) is 11.5 Å². The molecule has 0 unspecified atom stereocenters. The van der Waals surface area contributed by atoms with Gasteiger partial charge in [-0.15, -0.1) is 0 Å². The van der Waals surface area contributed by atoms with Crippen LogP contribution in [0.5, 0.6) is 11.5 Å². The normalized spacial score (nSPS) is 13.3. The molecule has 0 spiro atoms. The van der Waals surface area contributed by atoms with E-state index in [0.29, 0.717) is 28.6 Å². The number of rotatable bonds is 10. The highest BCUT2D eigenvalue weighted by molar-refractivity contribution is 7.92. The highest BCUT2D eigenvalue weighted by Crippen LogP contribution is 2.36. The van der Waals surface area contributed by atoms with E-state index >= 15 is 0 Å². The van der Waals surface area contributed by atoms with Crippen LogP contribution in [-0.2, 0) is 26.2 Å². The molecular formula is C23H28ClN3O6S. The number of ether oxygens (including phenoxy) is 2. The minimum absolute atomic E-state index is 0.0343. The molecule has 3 rings (SSSR count). The largest absolute Gasteiger partial charge is 0.454 e. The highest BCUT2D eigenvalue weighted by Gasteiger charge is 2.31. The Labute approximate surface area is 204 Å². The van der Waals surface area contributed by atoms with Crippen molar-refractivity contribution < 1.29 is 27.5 Å². The van der Waals surface area contributed by atoms with Crippen LogP contribution >= 0.6 is 11.6 Å². The summed E-state index contributed by atoms with van der Waals surface area (Å²) in [5.41, 5.74) is 0.891. The average molecular weight is 510 g/mol. The number of nitrogens with zero attached hydrogens (tertiary/aromatic N) is 2. The van der Waals surface area contributed by atoms with E-state index in [-0.39, 0.29) is 24.9 Å². The molecule has 2 amide bonds. The molecule has 184 valence electrons. The van der Waals surface area contributed by atoms with Crippen LogP contribution in [0.1, 0.15) is 25.8 Å². The molecule has 1 aliphatic rings. The second-order valence-corrected chi connectivity index (χ2v) is 10.2. The molecule has 1 N–H and O–H groups in total.